The van der Waals surface area contributed by atoms with Gasteiger partial charge >= 0.3 is 30.0 Å². The summed E-state index contributed by atoms with van der Waals surface area (Å²) in [6.45, 7) is 13.2. The lowest BCUT2D eigenvalue weighted by Gasteiger charge is -2.68. The van der Waals surface area contributed by atoms with E-state index in [1.165, 1.54) is 51.3 Å². The Labute approximate surface area is 353 Å². The summed E-state index contributed by atoms with van der Waals surface area (Å²) < 4.78 is 41.1. The highest BCUT2D eigenvalue weighted by atomic mass is 16.6. The molecular formula is C44H55NO16. The fourth-order valence-electron chi connectivity index (χ4n) is 10.0. The van der Waals surface area contributed by atoms with Gasteiger partial charge in [-0.15, -0.1) is 0 Å². The van der Waals surface area contributed by atoms with E-state index in [9.17, 15) is 34.2 Å². The van der Waals surface area contributed by atoms with Crippen molar-refractivity contribution in [1.29, 1.82) is 0 Å². The maximum absolute atomic E-state index is 15.3. The van der Waals surface area contributed by atoms with Crippen LogP contribution in [0.2, 0.25) is 0 Å². The van der Waals surface area contributed by atoms with Gasteiger partial charge in [0.15, 0.2) is 11.7 Å². The molecule has 6 rings (SSSR count). The number of fused-ring (bicyclic) bond motifs is 5. The van der Waals surface area contributed by atoms with Crippen molar-refractivity contribution < 1.29 is 76.6 Å². The van der Waals surface area contributed by atoms with E-state index in [0.717, 1.165) is 6.92 Å². The lowest BCUT2D eigenvalue weighted by molar-refractivity contribution is -0.350. The summed E-state index contributed by atoms with van der Waals surface area (Å²) in [5, 5.41) is 27.5. The largest absolute Gasteiger partial charge is 0.467 e. The topological polar surface area (TPSA) is 240 Å². The van der Waals surface area contributed by atoms with E-state index in [4.69, 9.17) is 32.8 Å². The van der Waals surface area contributed by atoms with Gasteiger partial charge in [-0.2, -0.15) is 0 Å². The third kappa shape index (κ3) is 7.84. The van der Waals surface area contributed by atoms with Crippen LogP contribution >= 0.6 is 0 Å². The number of rotatable bonds is 10. The first-order valence-corrected chi connectivity index (χ1v) is 20.4. The number of ketones is 2. The smallest absolute Gasteiger partial charge is 0.408 e. The van der Waals surface area contributed by atoms with Gasteiger partial charge in [0.25, 0.3) is 0 Å². The summed E-state index contributed by atoms with van der Waals surface area (Å²) in [6.07, 6.45) is -8.44. The number of carbonyl (C=O) groups is 7. The maximum Gasteiger partial charge on any atom is 0.408 e. The number of carbonyl (C=O) groups excluding carboxylic acids is 7. The molecule has 2 aromatic rings. The van der Waals surface area contributed by atoms with Gasteiger partial charge in [0.2, 0.25) is 11.6 Å². The van der Waals surface area contributed by atoms with E-state index < -0.39 is 130 Å². The number of hydrogen-bond acceptors (Lipinski definition) is 16. The quantitative estimate of drug-likeness (QED) is 0.174. The van der Waals surface area contributed by atoms with Gasteiger partial charge in [-0.3, -0.25) is 19.2 Å². The summed E-state index contributed by atoms with van der Waals surface area (Å²) in [7, 11) is 0. The van der Waals surface area contributed by atoms with Crippen LogP contribution in [-0.4, -0.2) is 106 Å². The van der Waals surface area contributed by atoms with E-state index >= 15 is 9.59 Å². The van der Waals surface area contributed by atoms with Gasteiger partial charge in [-0.25, -0.2) is 14.4 Å². The number of alkyl carbamates (subject to hydrolysis) is 1. The second-order valence-electron chi connectivity index (χ2n) is 18.3. The minimum Gasteiger partial charge on any atom is -0.467 e. The summed E-state index contributed by atoms with van der Waals surface area (Å²) in [5.74, 6) is -9.96. The number of esters is 4. The molecule has 0 spiro atoms. The van der Waals surface area contributed by atoms with Crippen LogP contribution in [0.15, 0.2) is 53.1 Å². The van der Waals surface area contributed by atoms with E-state index in [1.807, 2.05) is 0 Å². The van der Waals surface area contributed by atoms with Crippen LogP contribution in [0.1, 0.15) is 104 Å². The zero-order valence-electron chi connectivity index (χ0n) is 35.8. The Kier molecular flexibility index (Phi) is 12.1. The molecular weight excluding hydrogens is 798 g/mol. The van der Waals surface area contributed by atoms with Gasteiger partial charge in [0.05, 0.1) is 29.8 Å². The third-order valence-electron chi connectivity index (χ3n) is 13.1. The van der Waals surface area contributed by atoms with Gasteiger partial charge in [-0.1, -0.05) is 45.9 Å². The highest BCUT2D eigenvalue weighted by Gasteiger charge is 2.80. The molecule has 332 valence electrons. The van der Waals surface area contributed by atoms with Crippen LogP contribution in [0, 0.1) is 28.6 Å². The van der Waals surface area contributed by atoms with Crippen LogP contribution < -0.4 is 5.32 Å². The van der Waals surface area contributed by atoms with Crippen LogP contribution in [0.5, 0.6) is 0 Å². The molecule has 3 N–H and O–H groups in total. The summed E-state index contributed by atoms with van der Waals surface area (Å²) in [5.41, 5.74) is -8.87. The predicted molar refractivity (Wildman–Crippen MR) is 209 cm³/mol. The number of hydrogen-bond donors (Lipinski definition) is 3. The van der Waals surface area contributed by atoms with Crippen molar-refractivity contribution in [3.8, 4) is 0 Å². The lowest BCUT2D eigenvalue weighted by atomic mass is 9.42. The molecule has 1 aliphatic heterocycles. The van der Waals surface area contributed by atoms with Crippen molar-refractivity contribution in [2.75, 3.05) is 6.61 Å². The van der Waals surface area contributed by atoms with Crippen LogP contribution in [-0.2, 0) is 52.4 Å². The highest BCUT2D eigenvalue weighted by Crippen LogP contribution is 2.65. The fraction of sp³-hybridized carbons (Fsp3) is 0.614. The number of Topliss-reactive ketones (excluding diaryl/α,β-unsaturated/α-hetero) is 2. The molecule has 3 saturated carbocycles. The van der Waals surface area contributed by atoms with Crippen LogP contribution in [0.3, 0.4) is 0 Å². The molecule has 2 heterocycles. The van der Waals surface area contributed by atoms with Gasteiger partial charge < -0.3 is 48.4 Å². The summed E-state index contributed by atoms with van der Waals surface area (Å²) >= 11 is 0. The second kappa shape index (κ2) is 16.3. The molecule has 4 aliphatic rings. The third-order valence-corrected chi connectivity index (χ3v) is 13.1. The number of aliphatic hydroxyl groups excluding tert-OH is 1. The maximum atomic E-state index is 15.3. The number of aliphatic hydroxyl groups is 2. The molecule has 17 heteroatoms. The Morgan fingerprint density at radius 3 is 2.21 bits per heavy atom. The Morgan fingerprint density at radius 2 is 1.66 bits per heavy atom. The van der Waals surface area contributed by atoms with Crippen molar-refractivity contribution in [2.24, 2.45) is 28.6 Å². The van der Waals surface area contributed by atoms with E-state index in [1.54, 1.807) is 52.8 Å². The number of furan rings is 1. The first-order valence-electron chi connectivity index (χ1n) is 20.4. The molecule has 17 nitrogen and oxygen atoms in total. The van der Waals surface area contributed by atoms with Crippen LogP contribution in [0.4, 0.5) is 4.79 Å². The van der Waals surface area contributed by atoms with Gasteiger partial charge in [-0.05, 0) is 52.0 Å². The normalized spacial score (nSPS) is 33.7. The molecule has 1 amide bonds. The van der Waals surface area contributed by atoms with Gasteiger partial charge in [0, 0.05) is 43.4 Å². The van der Waals surface area contributed by atoms with E-state index in [0.29, 0.717) is 0 Å². The first-order chi connectivity index (χ1) is 28.4. The Hall–Kier alpha value is -5.13. The molecule has 1 aromatic carbocycles. The van der Waals surface area contributed by atoms with Crippen molar-refractivity contribution in [1.82, 2.24) is 5.32 Å². The molecule has 12 atom stereocenters. The second-order valence-corrected chi connectivity index (χ2v) is 18.3. The van der Waals surface area contributed by atoms with Crippen molar-refractivity contribution in [3.05, 3.63) is 60.1 Å². The molecule has 4 fully saturated rings. The molecule has 2 bridgehead atoms. The average molecular weight is 854 g/mol. The van der Waals surface area contributed by atoms with Crippen molar-refractivity contribution in [2.45, 2.75) is 135 Å². The van der Waals surface area contributed by atoms with E-state index in [-0.39, 0.29) is 30.8 Å². The highest BCUT2D eigenvalue weighted by molar-refractivity contribution is 6.40. The number of ether oxygens (including phenoxy) is 6. The molecule has 1 aromatic heterocycles. The van der Waals surface area contributed by atoms with E-state index in [2.05, 4.69) is 5.32 Å². The van der Waals surface area contributed by atoms with Crippen molar-refractivity contribution in [3.63, 3.8) is 0 Å². The Balaban J connectivity index is 1.50. The Morgan fingerprint density at radius 1 is 0.984 bits per heavy atom. The summed E-state index contributed by atoms with van der Waals surface area (Å²) in [6, 6.07) is 9.13. The first kappa shape index (κ1) is 45.4. The minimum absolute atomic E-state index is 0.0338. The molecule has 3 aliphatic carbocycles. The minimum atomic E-state index is -2.41. The fourth-order valence-corrected chi connectivity index (χ4v) is 10.0. The number of nitrogens with one attached hydrogen (secondary N) is 1. The molecule has 61 heavy (non-hydrogen) atoms. The predicted octanol–water partition coefficient (Wildman–Crippen LogP) is 3.96. The number of benzene rings is 1. The average Bonchev–Trinajstić information content (AvgIpc) is 3.72. The molecule has 3 unspecified atom stereocenters. The number of amides is 1. The zero-order valence-corrected chi connectivity index (χ0v) is 35.8. The SMILES string of the molecule is CCC(=O)O[C@H]1C[C@H]2OC[C@@]2(OC(C)=O)C2[C@H](OC(=O)c3ccccc3)[C@]3(O)C[C@H](OC(=O)[C@H](O)[C@@H](NC(=O)OC(C)(C)C)c4ccco4)C(C)C(C(=O)C(=O)[C@@]21C)C3(C)C. The molecule has 0 radical (unpaired) electrons. The standard InChI is InChI=1S/C44H55NO16/c1-10-29(47)58-27-19-28-43(21-56-28,60-23(3)46)34-36(59-37(51)24-15-12-11-13-16-24)44(54)20-26(22(2)30(41(44,7)8)32(48)35(50)42(27,34)9)57-38(52)33(49)31(25-17-14-18-55-25)45-39(53)61-40(4,5)6/h11-18,22,26-28,30-31,33-34,36,49,54H,10,19-21H2,1-9H3,(H,45,53)/t22?,26-,27-,28+,30?,31-,33+,34?,36-,42+,43-,44+/m0/s1. The van der Waals surface area contributed by atoms with Crippen molar-refractivity contribution >= 4 is 41.5 Å². The summed E-state index contributed by atoms with van der Waals surface area (Å²) in [4.78, 5) is 97.6. The Bertz CT molecular complexity index is 2040. The lowest BCUT2D eigenvalue weighted by Crippen LogP contribution is -2.83. The molecule has 1 saturated heterocycles. The van der Waals surface area contributed by atoms with Crippen LogP contribution in [0.25, 0.3) is 0 Å². The monoisotopic (exact) mass is 853 g/mol. The van der Waals surface area contributed by atoms with Gasteiger partial charge in [0.1, 0.15) is 47.4 Å². The zero-order chi connectivity index (χ0) is 45.0.